The minimum absolute atomic E-state index is 0.154. The van der Waals surface area contributed by atoms with Crippen molar-refractivity contribution in [2.45, 2.75) is 26.2 Å². The summed E-state index contributed by atoms with van der Waals surface area (Å²) in [6.45, 7) is 4.06. The molecule has 21 heavy (non-hydrogen) atoms. The Morgan fingerprint density at radius 2 is 2.00 bits per heavy atom. The maximum absolute atomic E-state index is 12.0. The zero-order chi connectivity index (χ0) is 14.7. The van der Waals surface area contributed by atoms with Crippen molar-refractivity contribution in [2.75, 3.05) is 23.3 Å². The number of pyridine rings is 1. The highest BCUT2D eigenvalue weighted by atomic mass is 32.1. The van der Waals surface area contributed by atoms with E-state index in [0.29, 0.717) is 10.7 Å². The van der Waals surface area contributed by atoms with Crippen molar-refractivity contribution in [2.24, 2.45) is 0 Å². The topological polar surface area (TPSA) is 58.1 Å². The number of nitrogens with zero attached hydrogens (tertiary/aromatic N) is 3. The maximum atomic E-state index is 12.0. The highest BCUT2D eigenvalue weighted by molar-refractivity contribution is 7.13. The van der Waals surface area contributed by atoms with Crippen molar-refractivity contribution in [3.05, 3.63) is 34.4 Å². The lowest BCUT2D eigenvalue weighted by molar-refractivity contribution is 0.103. The van der Waals surface area contributed by atoms with E-state index in [1.165, 1.54) is 30.6 Å². The summed E-state index contributed by atoms with van der Waals surface area (Å²) in [6, 6.07) is 3.88. The van der Waals surface area contributed by atoms with E-state index in [9.17, 15) is 4.79 Å². The molecule has 3 rings (SSSR count). The van der Waals surface area contributed by atoms with E-state index in [0.717, 1.165) is 23.8 Å². The normalized spacial score (nSPS) is 15.0. The molecule has 0 unspecified atom stereocenters. The fraction of sp³-hybridized carbons (Fsp3) is 0.400. The predicted octanol–water partition coefficient (Wildman–Crippen LogP) is 3.09. The Morgan fingerprint density at radius 3 is 2.62 bits per heavy atom. The van der Waals surface area contributed by atoms with Gasteiger partial charge in [0, 0.05) is 13.1 Å². The largest absolute Gasteiger partial charge is 0.370 e. The van der Waals surface area contributed by atoms with Gasteiger partial charge in [-0.25, -0.2) is 9.97 Å². The number of piperidine rings is 1. The summed E-state index contributed by atoms with van der Waals surface area (Å²) in [4.78, 5) is 23.4. The van der Waals surface area contributed by atoms with E-state index in [4.69, 9.17) is 0 Å². The van der Waals surface area contributed by atoms with Crippen molar-refractivity contribution >= 4 is 28.7 Å². The number of thiazole rings is 1. The quantitative estimate of drug-likeness (QED) is 0.946. The lowest BCUT2D eigenvalue weighted by Crippen LogP contribution is -2.29. The van der Waals surface area contributed by atoms with Gasteiger partial charge in [0.15, 0.2) is 0 Å². The molecule has 1 fully saturated rings. The van der Waals surface area contributed by atoms with Crippen LogP contribution < -0.4 is 10.2 Å². The number of aryl methyl sites for hydroxylation is 1. The van der Waals surface area contributed by atoms with Gasteiger partial charge in [-0.1, -0.05) is 0 Å². The molecule has 1 amide bonds. The SMILES string of the molecule is Cc1ncc(C(=O)Nc2ccc(N3CCCCC3)cn2)s1. The van der Waals surface area contributed by atoms with Crippen molar-refractivity contribution in [1.82, 2.24) is 9.97 Å². The lowest BCUT2D eigenvalue weighted by atomic mass is 10.1. The second-order valence-electron chi connectivity index (χ2n) is 5.15. The number of nitrogens with one attached hydrogen (secondary N) is 1. The zero-order valence-electron chi connectivity index (χ0n) is 12.0. The molecule has 1 saturated heterocycles. The molecule has 2 aromatic heterocycles. The fourth-order valence-electron chi connectivity index (χ4n) is 2.44. The molecule has 0 radical (unpaired) electrons. The number of carbonyl (C=O) groups is 1. The van der Waals surface area contributed by atoms with Crippen LogP contribution in [0.1, 0.15) is 33.9 Å². The van der Waals surface area contributed by atoms with E-state index in [2.05, 4.69) is 20.2 Å². The Morgan fingerprint density at radius 1 is 1.19 bits per heavy atom. The number of carbonyl (C=O) groups excluding carboxylic acids is 1. The minimum Gasteiger partial charge on any atom is -0.370 e. The summed E-state index contributed by atoms with van der Waals surface area (Å²) in [5.41, 5.74) is 1.13. The number of anilines is 2. The highest BCUT2D eigenvalue weighted by Crippen LogP contribution is 2.20. The number of rotatable bonds is 3. The number of hydrogen-bond donors (Lipinski definition) is 1. The van der Waals surface area contributed by atoms with Gasteiger partial charge in [0.2, 0.25) is 0 Å². The minimum atomic E-state index is -0.154. The zero-order valence-corrected chi connectivity index (χ0v) is 12.8. The fourth-order valence-corrected chi connectivity index (χ4v) is 3.12. The molecule has 110 valence electrons. The third-order valence-electron chi connectivity index (χ3n) is 3.56. The third-order valence-corrected chi connectivity index (χ3v) is 4.47. The molecule has 0 atom stereocenters. The Labute approximate surface area is 128 Å². The van der Waals surface area contributed by atoms with Crippen molar-refractivity contribution in [3.63, 3.8) is 0 Å². The molecule has 0 aliphatic carbocycles. The average molecular weight is 302 g/mol. The second-order valence-corrected chi connectivity index (χ2v) is 6.38. The first kappa shape index (κ1) is 14.0. The Bertz CT molecular complexity index is 617. The molecule has 1 aliphatic rings. The van der Waals surface area contributed by atoms with Gasteiger partial charge < -0.3 is 10.2 Å². The monoisotopic (exact) mass is 302 g/mol. The standard InChI is InChI=1S/C15H18N4OS/c1-11-16-10-13(21-11)15(20)18-14-6-5-12(9-17-14)19-7-3-2-4-8-19/h5-6,9-10H,2-4,7-8H2,1H3,(H,17,18,20). The molecular formula is C15H18N4OS. The second kappa shape index (κ2) is 6.22. The first-order valence-electron chi connectivity index (χ1n) is 7.17. The van der Waals surface area contributed by atoms with E-state index >= 15 is 0 Å². The molecular weight excluding hydrogens is 284 g/mol. The van der Waals surface area contributed by atoms with Crippen LogP contribution in [0, 0.1) is 6.92 Å². The van der Waals surface area contributed by atoms with Crippen LogP contribution in [0.3, 0.4) is 0 Å². The molecule has 0 spiro atoms. The summed E-state index contributed by atoms with van der Waals surface area (Å²) in [5, 5.41) is 3.69. The van der Waals surface area contributed by atoms with Crippen LogP contribution in [-0.2, 0) is 0 Å². The number of aromatic nitrogens is 2. The highest BCUT2D eigenvalue weighted by Gasteiger charge is 2.13. The molecule has 0 saturated carbocycles. The summed E-state index contributed by atoms with van der Waals surface area (Å²) in [7, 11) is 0. The van der Waals surface area contributed by atoms with Crippen molar-refractivity contribution in [3.8, 4) is 0 Å². The maximum Gasteiger partial charge on any atom is 0.268 e. The smallest absolute Gasteiger partial charge is 0.268 e. The van der Waals surface area contributed by atoms with Crippen LogP contribution >= 0.6 is 11.3 Å². The van der Waals surface area contributed by atoms with Crippen molar-refractivity contribution in [1.29, 1.82) is 0 Å². The third kappa shape index (κ3) is 3.39. The van der Waals surface area contributed by atoms with E-state index in [1.807, 2.05) is 25.3 Å². The Kier molecular flexibility index (Phi) is 4.15. The van der Waals surface area contributed by atoms with Crippen LogP contribution in [0.15, 0.2) is 24.5 Å². The van der Waals surface area contributed by atoms with Crippen LogP contribution in [-0.4, -0.2) is 29.0 Å². The van der Waals surface area contributed by atoms with Gasteiger partial charge in [0.25, 0.3) is 5.91 Å². The first-order chi connectivity index (χ1) is 10.2. The van der Waals surface area contributed by atoms with E-state index in [-0.39, 0.29) is 5.91 Å². The Balaban J connectivity index is 1.65. The Hall–Kier alpha value is -1.95. The van der Waals surface area contributed by atoms with Gasteiger partial charge in [-0.05, 0) is 38.3 Å². The summed E-state index contributed by atoms with van der Waals surface area (Å²) >= 11 is 1.38. The number of hydrogen-bond acceptors (Lipinski definition) is 5. The van der Waals surface area contributed by atoms with Crippen molar-refractivity contribution < 1.29 is 4.79 Å². The molecule has 6 heteroatoms. The summed E-state index contributed by atoms with van der Waals surface area (Å²) in [6.07, 6.45) is 7.22. The molecule has 1 aliphatic heterocycles. The van der Waals surface area contributed by atoms with Gasteiger partial charge in [0.05, 0.1) is 23.1 Å². The van der Waals surface area contributed by atoms with Gasteiger partial charge in [0.1, 0.15) is 10.7 Å². The van der Waals surface area contributed by atoms with Gasteiger partial charge in [-0.3, -0.25) is 4.79 Å². The molecule has 0 bridgehead atoms. The molecule has 3 heterocycles. The number of amides is 1. The lowest BCUT2D eigenvalue weighted by Gasteiger charge is -2.28. The summed E-state index contributed by atoms with van der Waals surface area (Å²) < 4.78 is 0. The molecule has 1 N–H and O–H groups in total. The van der Waals surface area contributed by atoms with Crippen LogP contribution in [0.5, 0.6) is 0 Å². The van der Waals surface area contributed by atoms with Gasteiger partial charge in [-0.15, -0.1) is 11.3 Å². The molecule has 0 aromatic carbocycles. The molecule has 2 aromatic rings. The van der Waals surface area contributed by atoms with Gasteiger partial charge in [-0.2, -0.15) is 0 Å². The summed E-state index contributed by atoms with van der Waals surface area (Å²) in [5.74, 6) is 0.422. The van der Waals surface area contributed by atoms with E-state index in [1.54, 1.807) is 6.20 Å². The average Bonchev–Trinajstić information content (AvgIpc) is 2.96. The van der Waals surface area contributed by atoms with Crippen LogP contribution in [0.2, 0.25) is 0 Å². The van der Waals surface area contributed by atoms with Crippen LogP contribution in [0.25, 0.3) is 0 Å². The first-order valence-corrected chi connectivity index (χ1v) is 7.99. The van der Waals surface area contributed by atoms with Crippen LogP contribution in [0.4, 0.5) is 11.5 Å². The van der Waals surface area contributed by atoms with Gasteiger partial charge >= 0.3 is 0 Å². The van der Waals surface area contributed by atoms with E-state index < -0.39 is 0 Å². The molecule has 5 nitrogen and oxygen atoms in total. The predicted molar refractivity (Wildman–Crippen MR) is 85.1 cm³/mol.